The first-order chi connectivity index (χ1) is 10.8. The van der Waals surface area contributed by atoms with Crippen molar-refractivity contribution in [1.29, 1.82) is 0 Å². The predicted molar refractivity (Wildman–Crippen MR) is 97.5 cm³/mol. The summed E-state index contributed by atoms with van der Waals surface area (Å²) in [5.74, 6) is 0. The van der Waals surface area contributed by atoms with Gasteiger partial charge in [0.1, 0.15) is 0 Å². The molecule has 0 bridgehead atoms. The molecular weight excluding hydrogens is 336 g/mol. The van der Waals surface area contributed by atoms with Crippen molar-refractivity contribution in [3.63, 3.8) is 0 Å². The van der Waals surface area contributed by atoms with E-state index in [-0.39, 0.29) is 5.54 Å². The molecule has 1 fully saturated rings. The number of anilines is 1. The van der Waals surface area contributed by atoms with Crippen molar-refractivity contribution in [3.05, 3.63) is 66.2 Å². The predicted octanol–water partition coefficient (Wildman–Crippen LogP) is 4.53. The first-order valence-electron chi connectivity index (χ1n) is 7.95. The third-order valence-electron chi connectivity index (χ3n) is 4.50. The Morgan fingerprint density at radius 3 is 2.09 bits per heavy atom. The zero-order valence-electron chi connectivity index (χ0n) is 12.8. The highest BCUT2D eigenvalue weighted by Gasteiger charge is 2.33. The van der Waals surface area contributed by atoms with Crippen LogP contribution in [0, 0.1) is 0 Å². The minimum absolute atomic E-state index is 0.175. The molecule has 3 heteroatoms. The zero-order chi connectivity index (χ0) is 15.3. The van der Waals surface area contributed by atoms with Gasteiger partial charge in [-0.25, -0.2) is 0 Å². The quantitative estimate of drug-likeness (QED) is 0.790. The van der Waals surface area contributed by atoms with E-state index in [2.05, 4.69) is 86.8 Å². The number of hydrogen-bond acceptors (Lipinski definition) is 2. The highest BCUT2D eigenvalue weighted by molar-refractivity contribution is 9.09. The number of nitrogens with one attached hydrogen (secondary N) is 1. The summed E-state index contributed by atoms with van der Waals surface area (Å²) in [7, 11) is 0. The van der Waals surface area contributed by atoms with E-state index in [1.807, 2.05) is 0 Å². The molecule has 1 saturated heterocycles. The summed E-state index contributed by atoms with van der Waals surface area (Å²) in [6.45, 7) is 3.34. The van der Waals surface area contributed by atoms with Crippen molar-refractivity contribution < 1.29 is 0 Å². The Bertz CT molecular complexity index is 563. The van der Waals surface area contributed by atoms with E-state index in [0.717, 1.165) is 25.0 Å². The largest absolute Gasteiger partial charge is 0.379 e. The van der Waals surface area contributed by atoms with Crippen LogP contribution in [0.5, 0.6) is 0 Å². The molecule has 1 heterocycles. The van der Waals surface area contributed by atoms with Crippen LogP contribution >= 0.6 is 15.9 Å². The van der Waals surface area contributed by atoms with Crippen LogP contribution in [0.4, 0.5) is 5.69 Å². The molecule has 0 radical (unpaired) electrons. The van der Waals surface area contributed by atoms with Crippen LogP contribution in [-0.4, -0.2) is 28.9 Å². The van der Waals surface area contributed by atoms with Crippen molar-refractivity contribution in [2.45, 2.75) is 24.9 Å². The van der Waals surface area contributed by atoms with Gasteiger partial charge in [0.2, 0.25) is 0 Å². The summed E-state index contributed by atoms with van der Waals surface area (Å²) >= 11 is 3.73. The van der Waals surface area contributed by atoms with Gasteiger partial charge in [-0.2, -0.15) is 0 Å². The summed E-state index contributed by atoms with van der Waals surface area (Å²) in [5.41, 5.74) is 2.80. The molecule has 0 unspecified atom stereocenters. The number of likely N-dealkylation sites (tertiary alicyclic amines) is 1. The lowest BCUT2D eigenvalue weighted by molar-refractivity contribution is 0.178. The number of rotatable bonds is 5. The molecule has 2 nitrogen and oxygen atoms in total. The molecule has 0 aliphatic carbocycles. The minimum atomic E-state index is 0.175. The van der Waals surface area contributed by atoms with E-state index in [4.69, 9.17) is 0 Å². The van der Waals surface area contributed by atoms with Crippen LogP contribution in [-0.2, 0) is 6.54 Å². The van der Waals surface area contributed by atoms with Gasteiger partial charge in [0, 0.05) is 36.2 Å². The highest BCUT2D eigenvalue weighted by Crippen LogP contribution is 2.29. The molecule has 0 amide bonds. The van der Waals surface area contributed by atoms with Crippen molar-refractivity contribution in [2.75, 3.05) is 23.7 Å². The SMILES string of the molecule is BrCC1(Nc2ccccc2)CCN(Cc2ccccc2)CC1. The maximum atomic E-state index is 3.75. The van der Waals surface area contributed by atoms with E-state index < -0.39 is 0 Å². The van der Waals surface area contributed by atoms with Crippen molar-refractivity contribution in [1.82, 2.24) is 4.90 Å². The highest BCUT2D eigenvalue weighted by atomic mass is 79.9. The number of alkyl halides is 1. The molecule has 22 heavy (non-hydrogen) atoms. The number of para-hydroxylation sites is 1. The summed E-state index contributed by atoms with van der Waals surface area (Å²) < 4.78 is 0. The van der Waals surface area contributed by atoms with Crippen LogP contribution in [0.2, 0.25) is 0 Å². The smallest absolute Gasteiger partial charge is 0.0494 e. The number of halogens is 1. The third kappa shape index (κ3) is 3.90. The molecule has 2 aromatic carbocycles. The van der Waals surface area contributed by atoms with Gasteiger partial charge >= 0.3 is 0 Å². The molecule has 2 aromatic rings. The Kier molecular flexibility index (Phi) is 5.16. The fourth-order valence-electron chi connectivity index (χ4n) is 3.10. The fourth-order valence-corrected chi connectivity index (χ4v) is 3.80. The summed E-state index contributed by atoms with van der Waals surface area (Å²) in [5, 5.41) is 4.75. The summed E-state index contributed by atoms with van der Waals surface area (Å²) in [4.78, 5) is 2.56. The van der Waals surface area contributed by atoms with E-state index in [0.29, 0.717) is 0 Å². The molecular formula is C19H23BrN2. The molecule has 3 rings (SSSR count). The molecule has 0 aromatic heterocycles. The third-order valence-corrected chi connectivity index (χ3v) is 5.57. The van der Waals surface area contributed by atoms with Gasteiger partial charge in [0.05, 0.1) is 0 Å². The monoisotopic (exact) mass is 358 g/mol. The van der Waals surface area contributed by atoms with E-state index >= 15 is 0 Å². The second-order valence-corrected chi connectivity index (χ2v) is 6.73. The standard InChI is InChI=1S/C19H23BrN2/c20-16-19(21-18-9-5-2-6-10-18)11-13-22(14-12-19)15-17-7-3-1-4-8-17/h1-10,21H,11-16H2. The first-order valence-corrected chi connectivity index (χ1v) is 9.07. The molecule has 116 valence electrons. The molecule has 0 atom stereocenters. The van der Waals surface area contributed by atoms with Crippen molar-refractivity contribution in [2.24, 2.45) is 0 Å². The van der Waals surface area contributed by atoms with Crippen molar-refractivity contribution >= 4 is 21.6 Å². The second kappa shape index (κ2) is 7.30. The molecule has 1 aliphatic heterocycles. The van der Waals surface area contributed by atoms with E-state index in [1.54, 1.807) is 0 Å². The van der Waals surface area contributed by atoms with Crippen LogP contribution in [0.15, 0.2) is 60.7 Å². The average Bonchev–Trinajstić information content (AvgIpc) is 2.59. The van der Waals surface area contributed by atoms with Gasteiger partial charge in [-0.15, -0.1) is 0 Å². The number of piperidine rings is 1. The number of benzene rings is 2. The topological polar surface area (TPSA) is 15.3 Å². The van der Waals surface area contributed by atoms with E-state index in [9.17, 15) is 0 Å². The van der Waals surface area contributed by atoms with Crippen LogP contribution in [0.25, 0.3) is 0 Å². The Morgan fingerprint density at radius 2 is 1.50 bits per heavy atom. The van der Waals surface area contributed by atoms with Crippen LogP contribution in [0.1, 0.15) is 18.4 Å². The van der Waals surface area contributed by atoms with Gasteiger partial charge in [0.25, 0.3) is 0 Å². The van der Waals surface area contributed by atoms with Crippen LogP contribution < -0.4 is 5.32 Å². The second-order valence-electron chi connectivity index (χ2n) is 6.17. The van der Waals surface area contributed by atoms with Gasteiger partial charge in [0.15, 0.2) is 0 Å². The lowest BCUT2D eigenvalue weighted by Gasteiger charge is -2.42. The first kappa shape index (κ1) is 15.6. The number of nitrogens with zero attached hydrogens (tertiary/aromatic N) is 1. The molecule has 1 N–H and O–H groups in total. The lowest BCUT2D eigenvalue weighted by Crippen LogP contribution is -2.50. The van der Waals surface area contributed by atoms with E-state index in [1.165, 1.54) is 24.1 Å². The lowest BCUT2D eigenvalue weighted by atomic mass is 9.89. The maximum absolute atomic E-state index is 3.75. The van der Waals surface area contributed by atoms with Gasteiger partial charge in [-0.3, -0.25) is 4.90 Å². The zero-order valence-corrected chi connectivity index (χ0v) is 14.4. The number of hydrogen-bond donors (Lipinski definition) is 1. The Hall–Kier alpha value is -1.32. The molecule has 0 saturated carbocycles. The van der Waals surface area contributed by atoms with Crippen LogP contribution in [0.3, 0.4) is 0 Å². The Balaban J connectivity index is 1.59. The van der Waals surface area contributed by atoms with Gasteiger partial charge in [-0.1, -0.05) is 64.5 Å². The maximum Gasteiger partial charge on any atom is 0.0494 e. The summed E-state index contributed by atoms with van der Waals surface area (Å²) in [6.07, 6.45) is 2.33. The Labute approximate surface area is 141 Å². The average molecular weight is 359 g/mol. The van der Waals surface area contributed by atoms with Gasteiger partial charge < -0.3 is 5.32 Å². The Morgan fingerprint density at radius 1 is 0.909 bits per heavy atom. The van der Waals surface area contributed by atoms with Crippen molar-refractivity contribution in [3.8, 4) is 0 Å². The minimum Gasteiger partial charge on any atom is -0.379 e. The normalized spacial score (nSPS) is 18.0. The summed E-state index contributed by atoms with van der Waals surface area (Å²) in [6, 6.07) is 21.3. The molecule has 1 aliphatic rings. The fraction of sp³-hybridized carbons (Fsp3) is 0.368. The molecule has 0 spiro atoms. The van der Waals surface area contributed by atoms with Gasteiger partial charge in [-0.05, 0) is 30.5 Å².